The fourth-order valence-electron chi connectivity index (χ4n) is 1.57. The van der Waals surface area contributed by atoms with Crippen molar-refractivity contribution in [3.63, 3.8) is 0 Å². The summed E-state index contributed by atoms with van der Waals surface area (Å²) in [5, 5.41) is 11.7. The topological polar surface area (TPSA) is 92.4 Å². The first-order chi connectivity index (χ1) is 8.38. The number of carbonyl (C=O) groups is 2. The zero-order valence-electron chi connectivity index (χ0n) is 11.3. The molecule has 5 nitrogen and oxygen atoms in total. The molecule has 0 aromatic carbocycles. The van der Waals surface area contributed by atoms with Crippen LogP contribution in [-0.4, -0.2) is 41.6 Å². The number of carboxylic acids is 1. The number of hydrogen-bond acceptors (Lipinski definition) is 4. The fraction of sp³-hybridized carbons (Fsp3) is 0.833. The molecule has 0 saturated heterocycles. The van der Waals surface area contributed by atoms with Crippen LogP contribution in [0.15, 0.2) is 0 Å². The van der Waals surface area contributed by atoms with Gasteiger partial charge in [-0.25, -0.2) is 0 Å². The quantitative estimate of drug-likeness (QED) is 0.582. The summed E-state index contributed by atoms with van der Waals surface area (Å²) in [5.74, 6) is -0.571. The Kier molecular flexibility index (Phi) is 8.83. The molecule has 0 spiro atoms. The lowest BCUT2D eigenvalue weighted by molar-refractivity contribution is -0.142. The molecule has 0 aliphatic heterocycles. The molecule has 18 heavy (non-hydrogen) atoms. The predicted molar refractivity (Wildman–Crippen MR) is 74.6 cm³/mol. The van der Waals surface area contributed by atoms with Gasteiger partial charge in [-0.05, 0) is 30.8 Å². The van der Waals surface area contributed by atoms with E-state index in [1.54, 1.807) is 11.8 Å². The summed E-state index contributed by atoms with van der Waals surface area (Å²) in [4.78, 5) is 22.6. The molecular formula is C12H24N2O3S. The number of aliphatic carboxylic acids is 1. The third kappa shape index (κ3) is 7.55. The Morgan fingerprint density at radius 3 is 2.44 bits per heavy atom. The van der Waals surface area contributed by atoms with E-state index >= 15 is 0 Å². The SMILES string of the molecule is CSCC[C@H](N)C(=O)NCC(CC(C)C)C(=O)O. The maximum absolute atomic E-state index is 11.6. The first-order valence-corrected chi connectivity index (χ1v) is 7.52. The Morgan fingerprint density at radius 1 is 1.39 bits per heavy atom. The molecule has 0 aromatic rings. The highest BCUT2D eigenvalue weighted by Gasteiger charge is 2.21. The van der Waals surface area contributed by atoms with Gasteiger partial charge < -0.3 is 16.2 Å². The molecule has 4 N–H and O–H groups in total. The van der Waals surface area contributed by atoms with Gasteiger partial charge in [-0.1, -0.05) is 13.8 Å². The Labute approximate surface area is 113 Å². The van der Waals surface area contributed by atoms with E-state index < -0.39 is 17.9 Å². The maximum atomic E-state index is 11.6. The van der Waals surface area contributed by atoms with Crippen molar-refractivity contribution >= 4 is 23.6 Å². The monoisotopic (exact) mass is 276 g/mol. The average Bonchev–Trinajstić information content (AvgIpc) is 2.30. The van der Waals surface area contributed by atoms with Crippen molar-refractivity contribution in [3.05, 3.63) is 0 Å². The second-order valence-electron chi connectivity index (χ2n) is 4.80. The summed E-state index contributed by atoms with van der Waals surface area (Å²) in [5.41, 5.74) is 5.69. The lowest BCUT2D eigenvalue weighted by atomic mass is 9.97. The number of nitrogens with two attached hydrogens (primary N) is 1. The van der Waals surface area contributed by atoms with E-state index in [0.29, 0.717) is 12.8 Å². The van der Waals surface area contributed by atoms with Crippen LogP contribution in [0.25, 0.3) is 0 Å². The van der Waals surface area contributed by atoms with E-state index in [1.807, 2.05) is 20.1 Å². The maximum Gasteiger partial charge on any atom is 0.308 e. The third-order valence-corrected chi connectivity index (χ3v) is 3.24. The normalized spacial score (nSPS) is 14.3. The number of carbonyl (C=O) groups excluding carboxylic acids is 1. The van der Waals surface area contributed by atoms with E-state index in [0.717, 1.165) is 5.75 Å². The highest BCUT2D eigenvalue weighted by molar-refractivity contribution is 7.98. The van der Waals surface area contributed by atoms with Gasteiger partial charge in [0, 0.05) is 6.54 Å². The molecule has 1 amide bonds. The van der Waals surface area contributed by atoms with Gasteiger partial charge in [0.2, 0.25) is 5.91 Å². The molecule has 0 aliphatic rings. The van der Waals surface area contributed by atoms with E-state index in [-0.39, 0.29) is 18.4 Å². The van der Waals surface area contributed by atoms with Gasteiger partial charge in [0.15, 0.2) is 0 Å². The predicted octanol–water partition coefficient (Wildman–Crippen LogP) is 0.930. The van der Waals surface area contributed by atoms with Crippen molar-refractivity contribution in [2.75, 3.05) is 18.6 Å². The summed E-state index contributed by atoms with van der Waals surface area (Å²) in [6.45, 7) is 4.07. The van der Waals surface area contributed by atoms with Crippen molar-refractivity contribution in [2.45, 2.75) is 32.7 Å². The van der Waals surface area contributed by atoms with Crippen LogP contribution in [0.4, 0.5) is 0 Å². The molecule has 0 rings (SSSR count). The molecule has 0 aliphatic carbocycles. The first kappa shape index (κ1) is 17.2. The highest BCUT2D eigenvalue weighted by Crippen LogP contribution is 2.11. The third-order valence-electron chi connectivity index (χ3n) is 2.60. The molecule has 0 saturated carbocycles. The van der Waals surface area contributed by atoms with Gasteiger partial charge in [-0.15, -0.1) is 0 Å². The smallest absolute Gasteiger partial charge is 0.308 e. The Morgan fingerprint density at radius 2 is 2.00 bits per heavy atom. The van der Waals surface area contributed by atoms with Crippen molar-refractivity contribution in [2.24, 2.45) is 17.6 Å². The number of hydrogen-bond donors (Lipinski definition) is 3. The molecule has 106 valence electrons. The molecule has 0 fully saturated rings. The van der Waals surface area contributed by atoms with Crippen LogP contribution in [0.1, 0.15) is 26.7 Å². The lowest BCUT2D eigenvalue weighted by Crippen LogP contribution is -2.43. The summed E-state index contributed by atoms with van der Waals surface area (Å²) >= 11 is 1.63. The molecule has 0 bridgehead atoms. The molecule has 1 unspecified atom stereocenters. The van der Waals surface area contributed by atoms with Crippen molar-refractivity contribution in [1.29, 1.82) is 0 Å². The van der Waals surface area contributed by atoms with Gasteiger partial charge in [-0.3, -0.25) is 9.59 Å². The summed E-state index contributed by atoms with van der Waals surface area (Å²) < 4.78 is 0. The van der Waals surface area contributed by atoms with E-state index in [2.05, 4.69) is 5.32 Å². The summed E-state index contributed by atoms with van der Waals surface area (Å²) in [6, 6.07) is -0.550. The van der Waals surface area contributed by atoms with Crippen LogP contribution in [0.5, 0.6) is 0 Å². The van der Waals surface area contributed by atoms with Crippen molar-refractivity contribution in [3.8, 4) is 0 Å². The second-order valence-corrected chi connectivity index (χ2v) is 5.78. The number of carboxylic acid groups (broad SMARTS) is 1. The standard InChI is InChI=1S/C12H24N2O3S/c1-8(2)6-9(12(16)17)7-14-11(15)10(13)4-5-18-3/h8-10H,4-7,13H2,1-3H3,(H,14,15)(H,16,17)/t9?,10-/m0/s1. The minimum atomic E-state index is -0.873. The molecular weight excluding hydrogens is 252 g/mol. The fourth-order valence-corrected chi connectivity index (χ4v) is 2.06. The number of thioether (sulfide) groups is 1. The van der Waals surface area contributed by atoms with E-state index in [1.165, 1.54) is 0 Å². The minimum absolute atomic E-state index is 0.152. The number of rotatable bonds is 9. The van der Waals surface area contributed by atoms with Crippen LogP contribution in [0, 0.1) is 11.8 Å². The highest BCUT2D eigenvalue weighted by atomic mass is 32.2. The van der Waals surface area contributed by atoms with Crippen LogP contribution >= 0.6 is 11.8 Å². The Bertz CT molecular complexity index is 272. The minimum Gasteiger partial charge on any atom is -0.481 e. The van der Waals surface area contributed by atoms with Gasteiger partial charge in [-0.2, -0.15) is 11.8 Å². The molecule has 0 radical (unpaired) electrons. The van der Waals surface area contributed by atoms with Gasteiger partial charge in [0.1, 0.15) is 0 Å². The molecule has 6 heteroatoms. The van der Waals surface area contributed by atoms with E-state index in [4.69, 9.17) is 10.8 Å². The summed E-state index contributed by atoms with van der Waals surface area (Å²) in [7, 11) is 0. The van der Waals surface area contributed by atoms with Crippen molar-refractivity contribution in [1.82, 2.24) is 5.32 Å². The number of amides is 1. The first-order valence-electron chi connectivity index (χ1n) is 6.13. The van der Waals surface area contributed by atoms with Crippen LogP contribution in [0.3, 0.4) is 0 Å². The van der Waals surface area contributed by atoms with Crippen LogP contribution in [-0.2, 0) is 9.59 Å². The van der Waals surface area contributed by atoms with Gasteiger partial charge >= 0.3 is 5.97 Å². The molecule has 0 aromatic heterocycles. The molecule has 2 atom stereocenters. The lowest BCUT2D eigenvalue weighted by Gasteiger charge is -2.17. The number of nitrogens with one attached hydrogen (secondary N) is 1. The second kappa shape index (κ2) is 9.22. The van der Waals surface area contributed by atoms with Gasteiger partial charge in [0.05, 0.1) is 12.0 Å². The Balaban J connectivity index is 4.10. The molecule has 0 heterocycles. The zero-order valence-corrected chi connectivity index (χ0v) is 12.1. The van der Waals surface area contributed by atoms with Crippen molar-refractivity contribution < 1.29 is 14.7 Å². The average molecular weight is 276 g/mol. The van der Waals surface area contributed by atoms with Crippen LogP contribution in [0.2, 0.25) is 0 Å². The zero-order chi connectivity index (χ0) is 14.1. The Hall–Kier alpha value is -0.750. The van der Waals surface area contributed by atoms with Gasteiger partial charge in [0.25, 0.3) is 0 Å². The summed E-state index contributed by atoms with van der Waals surface area (Å²) in [6.07, 6.45) is 3.11. The van der Waals surface area contributed by atoms with Crippen LogP contribution < -0.4 is 11.1 Å². The largest absolute Gasteiger partial charge is 0.481 e. The van der Waals surface area contributed by atoms with E-state index in [9.17, 15) is 9.59 Å².